The Morgan fingerprint density at radius 2 is 1.56 bits per heavy atom. The number of piperazine rings is 1. The van der Waals surface area contributed by atoms with Gasteiger partial charge in [0.25, 0.3) is 0 Å². The molecule has 2 aromatic rings. The highest BCUT2D eigenvalue weighted by Crippen LogP contribution is 2.31. The van der Waals surface area contributed by atoms with Crippen LogP contribution in [0.15, 0.2) is 53.4 Å². The first kappa shape index (κ1) is 18.7. The Hall–Kier alpha value is -1.11. The van der Waals surface area contributed by atoms with Crippen LogP contribution in [0.3, 0.4) is 0 Å². The average molecular weight is 399 g/mol. The summed E-state index contributed by atoms with van der Waals surface area (Å²) in [5, 5.41) is 0.347. The van der Waals surface area contributed by atoms with Gasteiger partial charge in [0.05, 0.1) is 10.0 Å². The highest BCUT2D eigenvalue weighted by atomic mass is 35.5. The first-order chi connectivity index (χ1) is 12.0. The van der Waals surface area contributed by atoms with E-state index >= 15 is 0 Å². The Bertz CT molecular complexity index is 820. The van der Waals surface area contributed by atoms with Crippen LogP contribution in [0, 0.1) is 0 Å². The molecule has 0 saturated carbocycles. The van der Waals surface area contributed by atoms with Gasteiger partial charge in [-0.15, -0.1) is 0 Å². The fourth-order valence-corrected chi connectivity index (χ4v) is 5.11. The SMILES string of the molecule is O=S(=O)(c1cccc(Cl)c1Cl)N1CCN(CCc2ccccc2)CC1. The molecule has 3 rings (SSSR count). The van der Waals surface area contributed by atoms with Crippen LogP contribution in [0.1, 0.15) is 5.56 Å². The molecule has 4 nitrogen and oxygen atoms in total. The molecular weight excluding hydrogens is 379 g/mol. The zero-order chi connectivity index (χ0) is 17.9. The van der Waals surface area contributed by atoms with Gasteiger partial charge < -0.3 is 4.90 Å². The van der Waals surface area contributed by atoms with Crippen molar-refractivity contribution in [3.8, 4) is 0 Å². The van der Waals surface area contributed by atoms with Gasteiger partial charge in [-0.05, 0) is 24.1 Å². The van der Waals surface area contributed by atoms with Crippen molar-refractivity contribution in [3.05, 3.63) is 64.1 Å². The van der Waals surface area contributed by atoms with E-state index in [1.807, 2.05) is 18.2 Å². The molecular formula is C18H20Cl2N2O2S. The quantitative estimate of drug-likeness (QED) is 0.772. The molecule has 0 amide bonds. The minimum Gasteiger partial charge on any atom is -0.300 e. The summed E-state index contributed by atoms with van der Waals surface area (Å²) in [4.78, 5) is 2.37. The van der Waals surface area contributed by atoms with E-state index in [-0.39, 0.29) is 14.9 Å². The second-order valence-electron chi connectivity index (χ2n) is 6.03. The zero-order valence-electron chi connectivity index (χ0n) is 13.7. The van der Waals surface area contributed by atoms with Crippen LogP contribution >= 0.6 is 23.2 Å². The lowest BCUT2D eigenvalue weighted by atomic mass is 10.1. The average Bonchev–Trinajstić information content (AvgIpc) is 2.63. The van der Waals surface area contributed by atoms with Crippen molar-refractivity contribution >= 4 is 33.2 Å². The van der Waals surface area contributed by atoms with Gasteiger partial charge in [-0.1, -0.05) is 59.6 Å². The van der Waals surface area contributed by atoms with E-state index in [9.17, 15) is 8.42 Å². The lowest BCUT2D eigenvalue weighted by Gasteiger charge is -2.34. The molecule has 25 heavy (non-hydrogen) atoms. The summed E-state index contributed by atoms with van der Waals surface area (Å²) in [6, 6.07) is 15.0. The number of hydrogen-bond acceptors (Lipinski definition) is 3. The Balaban J connectivity index is 1.61. The van der Waals surface area contributed by atoms with E-state index in [0.717, 1.165) is 13.0 Å². The molecule has 1 aliphatic rings. The summed E-state index contributed by atoms with van der Waals surface area (Å²) in [6.45, 7) is 3.27. The smallest absolute Gasteiger partial charge is 0.244 e. The van der Waals surface area contributed by atoms with Gasteiger partial charge >= 0.3 is 0 Å². The van der Waals surface area contributed by atoms with Gasteiger partial charge in [0, 0.05) is 32.7 Å². The van der Waals surface area contributed by atoms with Crippen LogP contribution in [0.4, 0.5) is 0 Å². The second kappa shape index (κ2) is 8.06. The van der Waals surface area contributed by atoms with Crippen molar-refractivity contribution in [2.45, 2.75) is 11.3 Å². The lowest BCUT2D eigenvalue weighted by Crippen LogP contribution is -2.49. The number of rotatable bonds is 5. The maximum Gasteiger partial charge on any atom is 0.244 e. The normalized spacial score (nSPS) is 16.9. The molecule has 0 atom stereocenters. The topological polar surface area (TPSA) is 40.6 Å². The third-order valence-corrected chi connectivity index (χ3v) is 7.30. The Labute approximate surface area is 159 Å². The van der Waals surface area contributed by atoms with Crippen LogP contribution in [0.5, 0.6) is 0 Å². The fraction of sp³-hybridized carbons (Fsp3) is 0.333. The molecule has 1 heterocycles. The third-order valence-electron chi connectivity index (χ3n) is 4.42. The molecule has 134 valence electrons. The molecule has 2 aromatic carbocycles. The van der Waals surface area contributed by atoms with Crippen molar-refractivity contribution in [2.75, 3.05) is 32.7 Å². The van der Waals surface area contributed by atoms with E-state index in [4.69, 9.17) is 23.2 Å². The van der Waals surface area contributed by atoms with Crippen LogP contribution in [-0.4, -0.2) is 50.3 Å². The minimum atomic E-state index is -3.62. The van der Waals surface area contributed by atoms with E-state index in [1.165, 1.54) is 15.9 Å². The zero-order valence-corrected chi connectivity index (χ0v) is 16.1. The molecule has 1 aliphatic heterocycles. The minimum absolute atomic E-state index is 0.0828. The Morgan fingerprint density at radius 3 is 2.24 bits per heavy atom. The van der Waals surface area contributed by atoms with Crippen molar-refractivity contribution in [3.63, 3.8) is 0 Å². The van der Waals surface area contributed by atoms with Crippen molar-refractivity contribution < 1.29 is 8.42 Å². The number of benzene rings is 2. The van der Waals surface area contributed by atoms with Crippen molar-refractivity contribution in [1.82, 2.24) is 9.21 Å². The molecule has 0 aliphatic carbocycles. The maximum atomic E-state index is 12.8. The predicted molar refractivity (Wildman–Crippen MR) is 102 cm³/mol. The second-order valence-corrected chi connectivity index (χ2v) is 8.72. The van der Waals surface area contributed by atoms with Crippen LogP contribution in [-0.2, 0) is 16.4 Å². The number of hydrogen-bond donors (Lipinski definition) is 0. The Morgan fingerprint density at radius 1 is 0.880 bits per heavy atom. The summed E-state index contributed by atoms with van der Waals surface area (Å²) >= 11 is 12.1. The van der Waals surface area contributed by atoms with Gasteiger partial charge in [0.2, 0.25) is 10.0 Å². The van der Waals surface area contributed by atoms with E-state index in [0.29, 0.717) is 26.2 Å². The molecule has 0 aromatic heterocycles. The van der Waals surface area contributed by atoms with Gasteiger partial charge in [-0.2, -0.15) is 4.31 Å². The molecule has 0 unspecified atom stereocenters. The highest BCUT2D eigenvalue weighted by molar-refractivity contribution is 7.89. The largest absolute Gasteiger partial charge is 0.300 e. The van der Waals surface area contributed by atoms with E-state index in [1.54, 1.807) is 12.1 Å². The number of sulfonamides is 1. The van der Waals surface area contributed by atoms with Gasteiger partial charge in [0.1, 0.15) is 4.90 Å². The summed E-state index contributed by atoms with van der Waals surface area (Å²) < 4.78 is 27.1. The predicted octanol–water partition coefficient (Wildman–Crippen LogP) is 3.54. The first-order valence-electron chi connectivity index (χ1n) is 8.19. The highest BCUT2D eigenvalue weighted by Gasteiger charge is 2.30. The fourth-order valence-electron chi connectivity index (χ4n) is 2.95. The first-order valence-corrected chi connectivity index (χ1v) is 10.4. The molecule has 0 bridgehead atoms. The number of halogens is 2. The molecule has 0 spiro atoms. The monoisotopic (exact) mass is 398 g/mol. The Kier molecular flexibility index (Phi) is 6.02. The van der Waals surface area contributed by atoms with Crippen molar-refractivity contribution in [2.24, 2.45) is 0 Å². The molecule has 0 radical (unpaired) electrons. The summed E-state index contributed by atoms with van der Waals surface area (Å²) in [5.74, 6) is 0. The van der Waals surface area contributed by atoms with Crippen LogP contribution in [0.25, 0.3) is 0 Å². The van der Waals surface area contributed by atoms with E-state index < -0.39 is 10.0 Å². The molecule has 1 fully saturated rings. The van der Waals surface area contributed by atoms with Gasteiger partial charge in [-0.3, -0.25) is 0 Å². The lowest BCUT2D eigenvalue weighted by molar-refractivity contribution is 0.190. The standard InChI is InChI=1S/C18H20Cl2N2O2S/c19-16-7-4-8-17(18(16)20)25(23,24)22-13-11-21(12-14-22)10-9-15-5-2-1-3-6-15/h1-8H,9-14H2. The van der Waals surface area contributed by atoms with Crippen LogP contribution in [0.2, 0.25) is 10.0 Å². The van der Waals surface area contributed by atoms with E-state index in [2.05, 4.69) is 17.0 Å². The molecule has 0 N–H and O–H groups in total. The van der Waals surface area contributed by atoms with Gasteiger partial charge in [-0.25, -0.2) is 8.42 Å². The molecule has 1 saturated heterocycles. The summed E-state index contributed by atoms with van der Waals surface area (Å²) in [6.07, 6.45) is 0.966. The summed E-state index contributed by atoms with van der Waals surface area (Å²) in [5.41, 5.74) is 1.29. The molecule has 7 heteroatoms. The third kappa shape index (κ3) is 4.36. The summed E-state index contributed by atoms with van der Waals surface area (Å²) in [7, 11) is -3.62. The van der Waals surface area contributed by atoms with Crippen LogP contribution < -0.4 is 0 Å². The van der Waals surface area contributed by atoms with Crippen molar-refractivity contribution in [1.29, 1.82) is 0 Å². The van der Waals surface area contributed by atoms with Gasteiger partial charge in [0.15, 0.2) is 0 Å². The maximum absolute atomic E-state index is 12.8. The number of nitrogens with zero attached hydrogens (tertiary/aromatic N) is 2.